The van der Waals surface area contributed by atoms with Gasteiger partial charge in [0, 0.05) is 13.2 Å². The van der Waals surface area contributed by atoms with Gasteiger partial charge in [-0.15, -0.1) is 0 Å². The topological polar surface area (TPSA) is 93.7 Å². The lowest BCUT2D eigenvalue weighted by Crippen LogP contribution is -2.45. The Morgan fingerprint density at radius 2 is 1.48 bits per heavy atom. The Labute approximate surface area is 183 Å². The summed E-state index contributed by atoms with van der Waals surface area (Å²) in [6.45, 7) is 5.94. The molecule has 0 saturated heterocycles. The van der Waals surface area contributed by atoms with Crippen LogP contribution in [0.3, 0.4) is 0 Å². The Bertz CT molecular complexity index is 813. The molecule has 0 heterocycles. The zero-order valence-electron chi connectivity index (χ0n) is 18.2. The lowest BCUT2D eigenvalue weighted by atomic mass is 9.86. The monoisotopic (exact) mass is 426 g/mol. The van der Waals surface area contributed by atoms with E-state index in [1.54, 1.807) is 55.5 Å². The van der Waals surface area contributed by atoms with Gasteiger partial charge in [-0.25, -0.2) is 9.59 Å². The maximum Gasteiger partial charge on any atom is 0.348 e. The minimum absolute atomic E-state index is 0.239. The maximum atomic E-state index is 13.3. The van der Waals surface area contributed by atoms with E-state index in [2.05, 4.69) is 10.6 Å². The molecule has 3 amide bonds. The maximum absolute atomic E-state index is 13.3. The SMILES string of the molecule is CCOC(C(=O)OCC(=O)NC(=O)NCCC(C)C)(c1ccccc1)c1ccccc1. The van der Waals surface area contributed by atoms with E-state index in [0.29, 0.717) is 23.6 Å². The molecule has 0 unspecified atom stereocenters. The summed E-state index contributed by atoms with van der Waals surface area (Å²) in [4.78, 5) is 37.2. The van der Waals surface area contributed by atoms with Crippen molar-refractivity contribution in [3.63, 3.8) is 0 Å². The summed E-state index contributed by atoms with van der Waals surface area (Å²) >= 11 is 0. The van der Waals surface area contributed by atoms with Crippen LogP contribution in [-0.2, 0) is 24.7 Å². The normalized spacial score (nSPS) is 11.1. The average molecular weight is 427 g/mol. The minimum Gasteiger partial charge on any atom is -0.453 e. The second-order valence-corrected chi connectivity index (χ2v) is 7.41. The largest absolute Gasteiger partial charge is 0.453 e. The smallest absolute Gasteiger partial charge is 0.348 e. The van der Waals surface area contributed by atoms with E-state index in [-0.39, 0.29) is 6.61 Å². The van der Waals surface area contributed by atoms with Gasteiger partial charge < -0.3 is 14.8 Å². The molecule has 2 aromatic rings. The lowest BCUT2D eigenvalue weighted by molar-refractivity contribution is -0.170. The Morgan fingerprint density at radius 3 is 1.97 bits per heavy atom. The van der Waals surface area contributed by atoms with Gasteiger partial charge in [0.15, 0.2) is 6.61 Å². The number of benzene rings is 2. The lowest BCUT2D eigenvalue weighted by Gasteiger charge is -2.32. The van der Waals surface area contributed by atoms with E-state index in [4.69, 9.17) is 9.47 Å². The van der Waals surface area contributed by atoms with E-state index in [0.717, 1.165) is 6.42 Å². The number of amides is 3. The third-order valence-corrected chi connectivity index (χ3v) is 4.60. The highest BCUT2D eigenvalue weighted by atomic mass is 16.6. The standard InChI is InChI=1S/C24H30N2O5/c1-4-31-24(19-11-7-5-8-12-19,20-13-9-6-10-14-20)22(28)30-17-21(27)26-23(29)25-16-15-18(2)3/h5-14,18H,4,15-17H2,1-3H3,(H2,25,26,27,29). The highest BCUT2D eigenvalue weighted by molar-refractivity contribution is 5.96. The number of ether oxygens (including phenoxy) is 2. The third-order valence-electron chi connectivity index (χ3n) is 4.60. The molecule has 0 radical (unpaired) electrons. The summed E-state index contributed by atoms with van der Waals surface area (Å²) < 4.78 is 11.3. The fraction of sp³-hybridized carbons (Fsp3) is 0.375. The van der Waals surface area contributed by atoms with Crippen LogP contribution in [0.15, 0.2) is 60.7 Å². The van der Waals surface area contributed by atoms with E-state index >= 15 is 0 Å². The summed E-state index contributed by atoms with van der Waals surface area (Å²) in [7, 11) is 0. The number of hydrogen-bond donors (Lipinski definition) is 2. The van der Waals surface area contributed by atoms with Crippen LogP contribution >= 0.6 is 0 Å². The number of rotatable bonds is 10. The Balaban J connectivity index is 2.14. The van der Waals surface area contributed by atoms with Crippen LogP contribution in [0, 0.1) is 5.92 Å². The Hall–Kier alpha value is -3.19. The molecule has 0 aliphatic rings. The van der Waals surface area contributed by atoms with Gasteiger partial charge >= 0.3 is 12.0 Å². The van der Waals surface area contributed by atoms with Crippen LogP contribution in [0.1, 0.15) is 38.3 Å². The summed E-state index contributed by atoms with van der Waals surface area (Å²) in [5.74, 6) is -1.02. The number of carbonyl (C=O) groups excluding carboxylic acids is 3. The van der Waals surface area contributed by atoms with Gasteiger partial charge in [-0.2, -0.15) is 0 Å². The predicted molar refractivity (Wildman–Crippen MR) is 117 cm³/mol. The van der Waals surface area contributed by atoms with Crippen molar-refractivity contribution in [3.8, 4) is 0 Å². The molecular formula is C24H30N2O5. The van der Waals surface area contributed by atoms with Crippen molar-refractivity contribution in [2.24, 2.45) is 5.92 Å². The summed E-state index contributed by atoms with van der Waals surface area (Å²) in [6.07, 6.45) is 0.793. The molecule has 0 bridgehead atoms. The van der Waals surface area contributed by atoms with Gasteiger partial charge in [0.05, 0.1) is 0 Å². The van der Waals surface area contributed by atoms with Crippen LogP contribution in [-0.4, -0.2) is 37.7 Å². The van der Waals surface area contributed by atoms with E-state index in [1.807, 2.05) is 26.0 Å². The second kappa shape index (κ2) is 11.9. The molecule has 0 fully saturated rings. The van der Waals surface area contributed by atoms with Gasteiger partial charge in [0.2, 0.25) is 5.60 Å². The molecule has 31 heavy (non-hydrogen) atoms. The molecule has 0 aliphatic carbocycles. The van der Waals surface area contributed by atoms with E-state index in [9.17, 15) is 14.4 Å². The number of hydrogen-bond acceptors (Lipinski definition) is 5. The molecule has 0 aromatic heterocycles. The van der Waals surface area contributed by atoms with Crippen molar-refractivity contribution < 1.29 is 23.9 Å². The van der Waals surface area contributed by atoms with Crippen molar-refractivity contribution >= 4 is 17.9 Å². The van der Waals surface area contributed by atoms with E-state index in [1.165, 1.54) is 0 Å². The molecule has 0 atom stereocenters. The first-order valence-corrected chi connectivity index (χ1v) is 10.4. The van der Waals surface area contributed by atoms with Crippen LogP contribution in [0.4, 0.5) is 4.79 Å². The molecule has 0 saturated carbocycles. The summed E-state index contributed by atoms with van der Waals surface area (Å²) in [5.41, 5.74) is -0.364. The van der Waals surface area contributed by atoms with Gasteiger partial charge in [-0.3, -0.25) is 10.1 Å². The number of carbonyl (C=O) groups is 3. The molecule has 7 nitrogen and oxygen atoms in total. The van der Waals surface area contributed by atoms with Gasteiger partial charge in [-0.1, -0.05) is 74.5 Å². The Kier molecular flexibility index (Phi) is 9.21. The van der Waals surface area contributed by atoms with Crippen molar-refractivity contribution in [2.45, 2.75) is 32.8 Å². The van der Waals surface area contributed by atoms with Gasteiger partial charge in [-0.05, 0) is 30.4 Å². The van der Waals surface area contributed by atoms with E-state index < -0.39 is 30.1 Å². The molecular weight excluding hydrogens is 396 g/mol. The van der Waals surface area contributed by atoms with Gasteiger partial charge in [0.1, 0.15) is 0 Å². The molecule has 2 aromatic carbocycles. The zero-order chi connectivity index (χ0) is 22.7. The zero-order valence-corrected chi connectivity index (χ0v) is 18.2. The molecule has 0 aliphatic heterocycles. The van der Waals surface area contributed by atoms with Crippen molar-refractivity contribution in [1.82, 2.24) is 10.6 Å². The molecule has 2 N–H and O–H groups in total. The number of urea groups is 1. The molecule has 166 valence electrons. The van der Waals surface area contributed by atoms with Crippen molar-refractivity contribution in [3.05, 3.63) is 71.8 Å². The van der Waals surface area contributed by atoms with Crippen LogP contribution in [0.25, 0.3) is 0 Å². The first-order chi connectivity index (χ1) is 14.9. The average Bonchev–Trinajstić information content (AvgIpc) is 2.76. The second-order valence-electron chi connectivity index (χ2n) is 7.41. The number of esters is 1. The van der Waals surface area contributed by atoms with Crippen molar-refractivity contribution in [2.75, 3.05) is 19.8 Å². The first kappa shape index (κ1) is 24.1. The van der Waals surface area contributed by atoms with Crippen LogP contribution < -0.4 is 10.6 Å². The Morgan fingerprint density at radius 1 is 0.935 bits per heavy atom. The van der Waals surface area contributed by atoms with Crippen LogP contribution in [0.5, 0.6) is 0 Å². The highest BCUT2D eigenvalue weighted by Crippen LogP contribution is 2.35. The van der Waals surface area contributed by atoms with Crippen LogP contribution in [0.2, 0.25) is 0 Å². The minimum atomic E-state index is -1.53. The molecule has 7 heteroatoms. The summed E-state index contributed by atoms with van der Waals surface area (Å²) in [5, 5.41) is 4.76. The highest BCUT2D eigenvalue weighted by Gasteiger charge is 2.45. The quantitative estimate of drug-likeness (QED) is 0.568. The fourth-order valence-electron chi connectivity index (χ4n) is 3.10. The first-order valence-electron chi connectivity index (χ1n) is 10.4. The number of imide groups is 1. The molecule has 2 rings (SSSR count). The van der Waals surface area contributed by atoms with Gasteiger partial charge in [0.25, 0.3) is 5.91 Å². The van der Waals surface area contributed by atoms with Crippen molar-refractivity contribution in [1.29, 1.82) is 0 Å². The third kappa shape index (κ3) is 6.65. The molecule has 0 spiro atoms. The summed E-state index contributed by atoms with van der Waals surface area (Å²) in [6, 6.07) is 17.3. The fourth-order valence-corrected chi connectivity index (χ4v) is 3.10. The predicted octanol–water partition coefficient (Wildman–Crippen LogP) is 3.38. The number of nitrogens with one attached hydrogen (secondary N) is 2.